The number of carbonyl (C=O) groups excluding carboxylic acids is 1. The third-order valence-electron chi connectivity index (χ3n) is 12.6. The Morgan fingerprint density at radius 1 is 0.464 bits per heavy atom. The fourth-order valence-corrected chi connectivity index (χ4v) is 10.3. The van der Waals surface area contributed by atoms with E-state index >= 15 is 0 Å². The summed E-state index contributed by atoms with van der Waals surface area (Å²) >= 11 is 0. The molecule has 56 heavy (non-hydrogen) atoms. The quantitative estimate of drug-likeness (QED) is 0.136. The zero-order chi connectivity index (χ0) is 36.9. The van der Waals surface area contributed by atoms with Crippen LogP contribution in [0.4, 0.5) is 17.1 Å². The van der Waals surface area contributed by atoms with Crippen LogP contribution in [0.2, 0.25) is 0 Å². The van der Waals surface area contributed by atoms with Gasteiger partial charge in [0.2, 0.25) is 5.78 Å². The van der Waals surface area contributed by atoms with E-state index < -0.39 is 11.3 Å². The second-order valence-electron chi connectivity index (χ2n) is 15.3. The molecule has 0 radical (unpaired) electrons. The number of benzene rings is 8. The monoisotopic (exact) mass is 718 g/mol. The number of allylic oxidation sites excluding steroid dienone is 2. The highest BCUT2D eigenvalue weighted by atomic mass is 16.3. The number of hydrogen-bond donors (Lipinski definition) is 4. The van der Waals surface area contributed by atoms with Gasteiger partial charge < -0.3 is 21.1 Å². The first-order valence-electron chi connectivity index (χ1n) is 19.0. The van der Waals surface area contributed by atoms with Crippen LogP contribution >= 0.6 is 0 Å². The van der Waals surface area contributed by atoms with E-state index in [1.165, 1.54) is 0 Å². The number of fused-ring (bicyclic) bond motifs is 10. The van der Waals surface area contributed by atoms with Gasteiger partial charge in [0.15, 0.2) is 11.3 Å². The van der Waals surface area contributed by atoms with E-state index in [2.05, 4.69) is 143 Å². The number of aliphatic hydroxyl groups is 1. The third-order valence-corrected chi connectivity index (χ3v) is 12.6. The highest BCUT2D eigenvalue weighted by Crippen LogP contribution is 2.55. The van der Waals surface area contributed by atoms with E-state index in [9.17, 15) is 9.90 Å². The number of Topliss-reactive ketones (excluding diaryl/α,β-unsaturated/α-hetero) is 1. The molecular weight excluding hydrogens is 689 g/mol. The highest BCUT2D eigenvalue weighted by molar-refractivity contribution is 6.52. The summed E-state index contributed by atoms with van der Waals surface area (Å²) in [4.78, 5) is 20.4. The molecule has 262 valence electrons. The molecule has 8 aromatic rings. The predicted octanol–water partition coefficient (Wildman–Crippen LogP) is 9.34. The molecule has 0 saturated heterocycles. The van der Waals surface area contributed by atoms with Gasteiger partial charge in [-0.25, -0.2) is 4.99 Å². The SMILES string of the molecule is O=C1C(c2ccc3cccc4c3c2NC2(N4)c3ccccc3-c3ccccc32)=C(O)/C1=c1/ccc2cccc3c2c1=NC1(N3)c2ccccc2-c2ccccc21. The van der Waals surface area contributed by atoms with Crippen LogP contribution in [0.25, 0.3) is 54.9 Å². The van der Waals surface area contributed by atoms with Gasteiger partial charge in [-0.15, -0.1) is 0 Å². The summed E-state index contributed by atoms with van der Waals surface area (Å²) in [7, 11) is 0. The largest absolute Gasteiger partial charge is 0.506 e. The van der Waals surface area contributed by atoms with E-state index in [1.54, 1.807) is 0 Å². The van der Waals surface area contributed by atoms with Crippen molar-refractivity contribution in [1.82, 2.24) is 0 Å². The van der Waals surface area contributed by atoms with Gasteiger partial charge >= 0.3 is 0 Å². The van der Waals surface area contributed by atoms with Gasteiger partial charge in [0, 0.05) is 55.2 Å². The van der Waals surface area contributed by atoms with E-state index in [1.807, 2.05) is 30.3 Å². The Labute approximate surface area is 320 Å². The van der Waals surface area contributed by atoms with Crippen molar-refractivity contribution in [2.24, 2.45) is 4.99 Å². The smallest absolute Gasteiger partial charge is 0.201 e. The molecule has 5 aliphatic rings. The lowest BCUT2D eigenvalue weighted by atomic mass is 9.79. The molecule has 0 fully saturated rings. The van der Waals surface area contributed by atoms with Crippen LogP contribution in [-0.4, -0.2) is 10.9 Å². The van der Waals surface area contributed by atoms with Crippen molar-refractivity contribution < 1.29 is 9.90 Å². The van der Waals surface area contributed by atoms with Gasteiger partial charge in [0.05, 0.1) is 22.2 Å². The second-order valence-corrected chi connectivity index (χ2v) is 15.3. The van der Waals surface area contributed by atoms with E-state index in [4.69, 9.17) is 4.99 Å². The molecule has 4 N–H and O–H groups in total. The maximum atomic E-state index is 14.9. The van der Waals surface area contributed by atoms with Crippen LogP contribution in [0.15, 0.2) is 168 Å². The van der Waals surface area contributed by atoms with Crippen LogP contribution in [-0.2, 0) is 16.1 Å². The van der Waals surface area contributed by atoms with Crippen LogP contribution in [0.5, 0.6) is 0 Å². The molecule has 2 spiro atoms. The fraction of sp³-hybridized carbons (Fsp3) is 0.0400. The molecule has 0 saturated carbocycles. The molecule has 13 rings (SSSR count). The number of aliphatic hydroxyl groups excluding tert-OH is 1. The third kappa shape index (κ3) is 3.48. The molecule has 0 unspecified atom stereocenters. The van der Waals surface area contributed by atoms with Crippen molar-refractivity contribution in [3.05, 3.63) is 202 Å². The summed E-state index contributed by atoms with van der Waals surface area (Å²) in [5.74, 6) is -0.229. The number of carbonyl (C=O) groups is 1. The Balaban J connectivity index is 1.06. The maximum Gasteiger partial charge on any atom is 0.201 e. The average Bonchev–Trinajstić information content (AvgIpc) is 3.66. The molecule has 6 heteroatoms. The van der Waals surface area contributed by atoms with Crippen LogP contribution in [0, 0.1) is 0 Å². The molecule has 0 aromatic heterocycles. The van der Waals surface area contributed by atoms with Crippen molar-refractivity contribution in [2.75, 3.05) is 16.0 Å². The van der Waals surface area contributed by atoms with Gasteiger partial charge in [-0.3, -0.25) is 4.79 Å². The topological polar surface area (TPSA) is 85.8 Å². The highest BCUT2D eigenvalue weighted by Gasteiger charge is 2.48. The number of ketones is 1. The maximum absolute atomic E-state index is 14.9. The number of nitrogens with one attached hydrogen (secondary N) is 3. The number of hydrogen-bond acceptors (Lipinski definition) is 6. The van der Waals surface area contributed by atoms with Crippen LogP contribution < -0.4 is 26.5 Å². The first kappa shape index (κ1) is 29.9. The van der Waals surface area contributed by atoms with E-state index in [0.29, 0.717) is 21.7 Å². The summed E-state index contributed by atoms with van der Waals surface area (Å²) in [6.07, 6.45) is 0. The van der Waals surface area contributed by atoms with Crippen molar-refractivity contribution in [3.8, 4) is 22.3 Å². The Hall–Kier alpha value is -7.44. The van der Waals surface area contributed by atoms with Gasteiger partial charge in [0.1, 0.15) is 5.76 Å². The summed E-state index contributed by atoms with van der Waals surface area (Å²) < 4.78 is 0. The number of nitrogens with zero attached hydrogens (tertiary/aromatic N) is 1. The molecule has 0 atom stereocenters. The molecule has 2 aliphatic heterocycles. The van der Waals surface area contributed by atoms with Crippen molar-refractivity contribution >= 4 is 55.5 Å². The lowest BCUT2D eigenvalue weighted by Gasteiger charge is -2.41. The molecule has 2 heterocycles. The van der Waals surface area contributed by atoms with Gasteiger partial charge in [0.25, 0.3) is 0 Å². The standard InChI is InChI=1S/C50H30N4O2/c55-47-43(33-25-23-27-11-9-21-39-41(27)45(33)53-49(51-39)35-17-5-1-13-29(35)30-14-2-6-18-36(30)49)48(56)44(47)34-26-24-28-12-10-22-40-42(28)46(34)54-50(52-40)37-19-7-3-15-31(37)32-16-4-8-20-38(32)50/h1-26,51-53,55H/b44-34+. The van der Waals surface area contributed by atoms with E-state index in [0.717, 1.165) is 83.1 Å². The summed E-state index contributed by atoms with van der Waals surface area (Å²) in [6.45, 7) is 0. The predicted molar refractivity (Wildman–Crippen MR) is 223 cm³/mol. The Morgan fingerprint density at radius 3 is 1.62 bits per heavy atom. The molecule has 6 nitrogen and oxygen atoms in total. The molecule has 0 amide bonds. The minimum absolute atomic E-state index is 0.0206. The molecular formula is C50H30N4O2. The minimum atomic E-state index is -0.905. The molecule has 0 bridgehead atoms. The number of anilines is 3. The lowest BCUT2D eigenvalue weighted by molar-refractivity contribution is -0.109. The van der Waals surface area contributed by atoms with Gasteiger partial charge in [-0.2, -0.15) is 0 Å². The van der Waals surface area contributed by atoms with Crippen LogP contribution in [0.1, 0.15) is 27.8 Å². The first-order valence-corrected chi connectivity index (χ1v) is 19.0. The molecule has 3 aliphatic carbocycles. The normalized spacial score (nSPS) is 17.7. The average molecular weight is 719 g/mol. The van der Waals surface area contributed by atoms with Crippen molar-refractivity contribution in [2.45, 2.75) is 11.3 Å². The number of rotatable bonds is 1. The fourth-order valence-electron chi connectivity index (χ4n) is 10.3. The van der Waals surface area contributed by atoms with E-state index in [-0.39, 0.29) is 17.1 Å². The van der Waals surface area contributed by atoms with Crippen molar-refractivity contribution in [3.63, 3.8) is 0 Å². The van der Waals surface area contributed by atoms with Crippen LogP contribution in [0.3, 0.4) is 0 Å². The minimum Gasteiger partial charge on any atom is -0.506 e. The summed E-state index contributed by atoms with van der Waals surface area (Å²) in [5, 5.41) is 29.2. The molecule has 8 aromatic carbocycles. The zero-order valence-corrected chi connectivity index (χ0v) is 29.8. The Kier molecular flexibility index (Phi) is 5.45. The summed E-state index contributed by atoms with van der Waals surface area (Å²) in [6, 6.07) is 54.1. The Morgan fingerprint density at radius 2 is 1.00 bits per heavy atom. The zero-order valence-electron chi connectivity index (χ0n) is 29.8. The summed E-state index contributed by atoms with van der Waals surface area (Å²) in [5.41, 5.74) is 11.2. The first-order chi connectivity index (χ1) is 27.6. The lowest BCUT2D eigenvalue weighted by Crippen LogP contribution is -2.45. The van der Waals surface area contributed by atoms with Crippen molar-refractivity contribution in [1.29, 1.82) is 0 Å². The van der Waals surface area contributed by atoms with Gasteiger partial charge in [-0.05, 0) is 45.2 Å². The Bertz CT molecular complexity index is 3250. The second kappa shape index (κ2) is 10.2. The van der Waals surface area contributed by atoms with Gasteiger partial charge in [-0.1, -0.05) is 146 Å².